The van der Waals surface area contributed by atoms with Gasteiger partial charge in [0.1, 0.15) is 0 Å². The van der Waals surface area contributed by atoms with Crippen LogP contribution in [-0.2, 0) is 4.79 Å². The first-order valence-electron chi connectivity index (χ1n) is 7.88. The number of hydrogen-bond donors (Lipinski definition) is 1. The van der Waals surface area contributed by atoms with Crippen molar-refractivity contribution in [2.24, 2.45) is 0 Å². The highest BCUT2D eigenvalue weighted by atomic mass is 16.1. The van der Waals surface area contributed by atoms with Crippen molar-refractivity contribution in [2.45, 2.75) is 33.2 Å². The quantitative estimate of drug-likeness (QED) is 0.901. The van der Waals surface area contributed by atoms with Crippen molar-refractivity contribution in [2.75, 3.05) is 37.6 Å². The Morgan fingerprint density at radius 3 is 2.57 bits per heavy atom. The molecule has 1 fully saturated rings. The first-order valence-corrected chi connectivity index (χ1v) is 7.88. The number of hydrogen-bond acceptors (Lipinski definition) is 3. The minimum absolute atomic E-state index is 0.158. The Hall–Kier alpha value is -1.55. The van der Waals surface area contributed by atoms with E-state index in [9.17, 15) is 4.79 Å². The first kappa shape index (κ1) is 15.8. The number of aryl methyl sites for hydroxylation is 1. The molecule has 1 heterocycles. The molecule has 1 aliphatic rings. The number of benzene rings is 1. The smallest absolute Gasteiger partial charge is 0.221 e. The molecular weight excluding hydrogens is 262 g/mol. The van der Waals surface area contributed by atoms with Crippen LogP contribution in [0.4, 0.5) is 5.69 Å². The topological polar surface area (TPSA) is 35.6 Å². The predicted molar refractivity (Wildman–Crippen MR) is 87.7 cm³/mol. The van der Waals surface area contributed by atoms with Crippen LogP contribution in [0.5, 0.6) is 0 Å². The van der Waals surface area contributed by atoms with Gasteiger partial charge in [0.2, 0.25) is 5.91 Å². The summed E-state index contributed by atoms with van der Waals surface area (Å²) >= 11 is 0. The van der Waals surface area contributed by atoms with E-state index in [1.165, 1.54) is 11.3 Å². The fraction of sp³-hybridized carbons (Fsp3) is 0.588. The molecule has 4 heteroatoms. The molecule has 1 amide bonds. The lowest BCUT2D eigenvalue weighted by atomic mass is 10.2. The second kappa shape index (κ2) is 7.46. The van der Waals surface area contributed by atoms with E-state index >= 15 is 0 Å². The van der Waals surface area contributed by atoms with Crippen LogP contribution in [0.25, 0.3) is 0 Å². The number of nitrogens with one attached hydrogen (secondary N) is 1. The molecule has 1 aromatic carbocycles. The summed E-state index contributed by atoms with van der Waals surface area (Å²) in [5, 5.41) is 2.95. The van der Waals surface area contributed by atoms with E-state index in [-0.39, 0.29) is 11.9 Å². The van der Waals surface area contributed by atoms with Crippen molar-refractivity contribution < 1.29 is 4.79 Å². The molecule has 0 bridgehead atoms. The molecule has 21 heavy (non-hydrogen) atoms. The van der Waals surface area contributed by atoms with Gasteiger partial charge in [-0.05, 0) is 38.5 Å². The Morgan fingerprint density at radius 1 is 1.24 bits per heavy atom. The second-order valence-electron chi connectivity index (χ2n) is 6.14. The van der Waals surface area contributed by atoms with Gasteiger partial charge in [0, 0.05) is 50.9 Å². The zero-order chi connectivity index (χ0) is 15.2. The van der Waals surface area contributed by atoms with E-state index in [1.54, 1.807) is 0 Å². The van der Waals surface area contributed by atoms with Crippen molar-refractivity contribution in [3.8, 4) is 0 Å². The van der Waals surface area contributed by atoms with E-state index in [0.29, 0.717) is 6.42 Å². The number of nitrogens with zero attached hydrogens (tertiary/aromatic N) is 2. The summed E-state index contributed by atoms with van der Waals surface area (Å²) in [7, 11) is 0. The molecule has 1 saturated heterocycles. The molecule has 1 aromatic rings. The monoisotopic (exact) mass is 289 g/mol. The lowest BCUT2D eigenvalue weighted by Gasteiger charge is -2.36. The highest BCUT2D eigenvalue weighted by Crippen LogP contribution is 2.17. The average molecular weight is 289 g/mol. The highest BCUT2D eigenvalue weighted by molar-refractivity contribution is 5.76. The Morgan fingerprint density at radius 2 is 1.95 bits per heavy atom. The van der Waals surface area contributed by atoms with Crippen molar-refractivity contribution >= 4 is 11.6 Å². The Labute approximate surface area is 128 Å². The van der Waals surface area contributed by atoms with Crippen LogP contribution in [0.15, 0.2) is 24.3 Å². The fourth-order valence-corrected chi connectivity index (χ4v) is 2.71. The maximum absolute atomic E-state index is 11.7. The van der Waals surface area contributed by atoms with E-state index < -0.39 is 0 Å². The van der Waals surface area contributed by atoms with Crippen LogP contribution >= 0.6 is 0 Å². The Kier molecular flexibility index (Phi) is 5.62. The lowest BCUT2D eigenvalue weighted by Crippen LogP contribution is -2.47. The number of carbonyl (C=O) groups is 1. The fourth-order valence-electron chi connectivity index (χ4n) is 2.71. The standard InChI is InChI=1S/C17H27N3O/c1-14(2)18-17(21)7-8-19-9-11-20(12-10-19)16-6-4-5-15(3)13-16/h4-6,13-14H,7-12H2,1-3H3,(H,18,21). The molecule has 2 rings (SSSR count). The second-order valence-corrected chi connectivity index (χ2v) is 6.14. The molecule has 0 spiro atoms. The molecule has 0 radical (unpaired) electrons. The first-order chi connectivity index (χ1) is 10.0. The van der Waals surface area contributed by atoms with Gasteiger partial charge in [-0.3, -0.25) is 9.69 Å². The third-order valence-electron chi connectivity index (χ3n) is 3.84. The zero-order valence-corrected chi connectivity index (χ0v) is 13.4. The molecular formula is C17H27N3O. The molecule has 0 saturated carbocycles. The van der Waals surface area contributed by atoms with Gasteiger partial charge in [-0.25, -0.2) is 0 Å². The van der Waals surface area contributed by atoms with Crippen molar-refractivity contribution in [3.63, 3.8) is 0 Å². The summed E-state index contributed by atoms with van der Waals surface area (Å²) in [6.07, 6.45) is 0.600. The molecule has 1 aliphatic heterocycles. The van der Waals surface area contributed by atoms with Crippen LogP contribution in [-0.4, -0.2) is 49.6 Å². The van der Waals surface area contributed by atoms with Gasteiger partial charge in [-0.15, -0.1) is 0 Å². The van der Waals surface area contributed by atoms with Gasteiger partial charge in [0.25, 0.3) is 0 Å². The normalized spacial score (nSPS) is 16.3. The van der Waals surface area contributed by atoms with E-state index in [1.807, 2.05) is 13.8 Å². The van der Waals surface area contributed by atoms with Crippen LogP contribution in [0.1, 0.15) is 25.8 Å². The molecule has 116 valence electrons. The van der Waals surface area contributed by atoms with E-state index in [4.69, 9.17) is 0 Å². The number of amides is 1. The van der Waals surface area contributed by atoms with Crippen LogP contribution in [0.3, 0.4) is 0 Å². The predicted octanol–water partition coefficient (Wildman–Crippen LogP) is 2.03. The molecule has 1 N–H and O–H groups in total. The third kappa shape index (κ3) is 5.05. The molecule has 4 nitrogen and oxygen atoms in total. The van der Waals surface area contributed by atoms with Gasteiger partial charge in [-0.2, -0.15) is 0 Å². The number of rotatable bonds is 5. The average Bonchev–Trinajstić information content (AvgIpc) is 2.45. The minimum Gasteiger partial charge on any atom is -0.369 e. The van der Waals surface area contributed by atoms with Gasteiger partial charge >= 0.3 is 0 Å². The summed E-state index contributed by atoms with van der Waals surface area (Å²) in [6.45, 7) is 11.1. The van der Waals surface area contributed by atoms with E-state index in [2.05, 4.69) is 46.3 Å². The van der Waals surface area contributed by atoms with Gasteiger partial charge < -0.3 is 10.2 Å². The highest BCUT2D eigenvalue weighted by Gasteiger charge is 2.17. The van der Waals surface area contributed by atoms with Crippen molar-refractivity contribution in [1.29, 1.82) is 0 Å². The minimum atomic E-state index is 0.158. The van der Waals surface area contributed by atoms with E-state index in [0.717, 1.165) is 32.7 Å². The summed E-state index contributed by atoms with van der Waals surface area (Å²) < 4.78 is 0. The maximum Gasteiger partial charge on any atom is 0.221 e. The maximum atomic E-state index is 11.7. The lowest BCUT2D eigenvalue weighted by molar-refractivity contribution is -0.121. The summed E-state index contributed by atoms with van der Waals surface area (Å²) in [6, 6.07) is 8.90. The van der Waals surface area contributed by atoms with Crippen LogP contribution in [0, 0.1) is 6.92 Å². The third-order valence-corrected chi connectivity index (χ3v) is 3.84. The Bertz CT molecular complexity index is 465. The number of piperazine rings is 1. The SMILES string of the molecule is Cc1cccc(N2CCN(CCC(=O)NC(C)C)CC2)c1. The van der Waals surface area contributed by atoms with Crippen molar-refractivity contribution in [3.05, 3.63) is 29.8 Å². The zero-order valence-electron chi connectivity index (χ0n) is 13.4. The molecule has 0 unspecified atom stereocenters. The van der Waals surface area contributed by atoms with Gasteiger partial charge in [0.15, 0.2) is 0 Å². The number of anilines is 1. The largest absolute Gasteiger partial charge is 0.369 e. The van der Waals surface area contributed by atoms with Crippen LogP contribution in [0.2, 0.25) is 0 Å². The van der Waals surface area contributed by atoms with Crippen molar-refractivity contribution in [1.82, 2.24) is 10.2 Å². The van der Waals surface area contributed by atoms with Crippen LogP contribution < -0.4 is 10.2 Å². The molecule has 0 atom stereocenters. The molecule has 0 aliphatic carbocycles. The van der Waals surface area contributed by atoms with Gasteiger partial charge in [-0.1, -0.05) is 12.1 Å². The summed E-state index contributed by atoms with van der Waals surface area (Å²) in [5.74, 6) is 0.158. The summed E-state index contributed by atoms with van der Waals surface area (Å²) in [4.78, 5) is 16.5. The van der Waals surface area contributed by atoms with Gasteiger partial charge in [0.05, 0.1) is 0 Å². The summed E-state index contributed by atoms with van der Waals surface area (Å²) in [5.41, 5.74) is 2.62. The Balaban J connectivity index is 1.74. The number of carbonyl (C=O) groups excluding carboxylic acids is 1. The molecule has 0 aromatic heterocycles.